The highest BCUT2D eigenvalue weighted by Crippen LogP contribution is 2.20. The van der Waals surface area contributed by atoms with E-state index in [0.29, 0.717) is 11.3 Å². The fourth-order valence-electron chi connectivity index (χ4n) is 2.87. The summed E-state index contributed by atoms with van der Waals surface area (Å²) < 4.78 is 5.24. The van der Waals surface area contributed by atoms with Crippen LogP contribution in [0, 0.1) is 5.92 Å². The van der Waals surface area contributed by atoms with Gasteiger partial charge in [-0.2, -0.15) is 0 Å². The molecule has 1 aromatic rings. The summed E-state index contributed by atoms with van der Waals surface area (Å²) in [7, 11) is 1.54. The molecule has 1 unspecified atom stereocenters. The number of amides is 2. The monoisotopic (exact) mass is 318 g/mol. The molecule has 0 bridgehead atoms. The molecule has 0 spiro atoms. The number of nitrogens with zero attached hydrogens (tertiary/aromatic N) is 1. The lowest BCUT2D eigenvalue weighted by atomic mass is 9.97. The number of hydrogen-bond acceptors (Lipinski definition) is 3. The Kier molecular flexibility index (Phi) is 6.02. The molecule has 1 aliphatic rings. The molecular weight excluding hydrogens is 292 g/mol. The van der Waals surface area contributed by atoms with Crippen LogP contribution in [-0.2, 0) is 4.79 Å². The molecule has 1 aliphatic heterocycles. The minimum absolute atomic E-state index is 0.0279. The molecule has 0 saturated carbocycles. The second kappa shape index (κ2) is 7.99. The smallest absolute Gasteiger partial charge is 0.255 e. The lowest BCUT2D eigenvalue weighted by molar-refractivity contribution is -0.133. The number of methoxy groups -OCH3 is 1. The molecule has 1 saturated heterocycles. The van der Waals surface area contributed by atoms with Gasteiger partial charge in [0, 0.05) is 13.1 Å². The number of para-hydroxylation sites is 1. The van der Waals surface area contributed by atoms with Crippen molar-refractivity contribution in [3.05, 3.63) is 29.8 Å². The van der Waals surface area contributed by atoms with Crippen molar-refractivity contribution in [1.29, 1.82) is 0 Å². The van der Waals surface area contributed by atoms with Crippen molar-refractivity contribution >= 4 is 11.8 Å². The van der Waals surface area contributed by atoms with Gasteiger partial charge in [-0.15, -0.1) is 0 Å². The van der Waals surface area contributed by atoms with Crippen molar-refractivity contribution in [2.75, 3.05) is 20.2 Å². The molecule has 2 rings (SSSR count). The zero-order chi connectivity index (χ0) is 16.8. The third-order valence-electron chi connectivity index (χ3n) is 4.53. The number of carbonyl (C=O) groups is 2. The average Bonchev–Trinajstić information content (AvgIpc) is 3.12. The molecule has 1 N–H and O–H groups in total. The second-order valence-electron chi connectivity index (χ2n) is 6.07. The minimum Gasteiger partial charge on any atom is -0.496 e. The minimum atomic E-state index is -0.490. The highest BCUT2D eigenvalue weighted by atomic mass is 16.5. The van der Waals surface area contributed by atoms with Crippen LogP contribution in [0.1, 0.15) is 43.5 Å². The van der Waals surface area contributed by atoms with Crippen molar-refractivity contribution in [2.45, 2.75) is 39.2 Å². The van der Waals surface area contributed by atoms with Crippen LogP contribution in [0.5, 0.6) is 5.75 Å². The topological polar surface area (TPSA) is 58.6 Å². The van der Waals surface area contributed by atoms with Crippen LogP contribution < -0.4 is 10.1 Å². The van der Waals surface area contributed by atoms with Gasteiger partial charge in [0.15, 0.2) is 0 Å². The van der Waals surface area contributed by atoms with Crippen LogP contribution in [0.15, 0.2) is 24.3 Å². The van der Waals surface area contributed by atoms with E-state index in [1.165, 1.54) is 7.11 Å². The molecule has 5 heteroatoms. The maximum Gasteiger partial charge on any atom is 0.255 e. The van der Waals surface area contributed by atoms with E-state index in [0.717, 1.165) is 32.4 Å². The molecule has 23 heavy (non-hydrogen) atoms. The number of likely N-dealkylation sites (tertiary alicyclic amines) is 1. The SMILES string of the molecule is CCC(C)[C@H](NC(=O)c1ccccc1OC)C(=O)N1CCCC1. The first-order valence-corrected chi connectivity index (χ1v) is 8.31. The van der Waals surface area contributed by atoms with Crippen LogP contribution >= 0.6 is 0 Å². The van der Waals surface area contributed by atoms with Gasteiger partial charge in [-0.3, -0.25) is 9.59 Å². The molecule has 1 fully saturated rings. The number of carbonyl (C=O) groups excluding carboxylic acids is 2. The van der Waals surface area contributed by atoms with Crippen molar-refractivity contribution < 1.29 is 14.3 Å². The van der Waals surface area contributed by atoms with Gasteiger partial charge in [-0.1, -0.05) is 32.4 Å². The highest BCUT2D eigenvalue weighted by Gasteiger charge is 2.31. The van der Waals surface area contributed by atoms with Gasteiger partial charge in [-0.05, 0) is 30.9 Å². The third-order valence-corrected chi connectivity index (χ3v) is 4.53. The fourth-order valence-corrected chi connectivity index (χ4v) is 2.87. The summed E-state index contributed by atoms with van der Waals surface area (Å²) in [5.41, 5.74) is 0.456. The average molecular weight is 318 g/mol. The Labute approximate surface area is 138 Å². The van der Waals surface area contributed by atoms with Gasteiger partial charge >= 0.3 is 0 Å². The summed E-state index contributed by atoms with van der Waals surface area (Å²) in [4.78, 5) is 27.2. The van der Waals surface area contributed by atoms with E-state index < -0.39 is 6.04 Å². The maximum absolute atomic E-state index is 12.7. The molecule has 2 amide bonds. The quantitative estimate of drug-likeness (QED) is 0.876. The van der Waals surface area contributed by atoms with E-state index in [9.17, 15) is 9.59 Å². The van der Waals surface area contributed by atoms with E-state index in [1.54, 1.807) is 18.2 Å². The van der Waals surface area contributed by atoms with Gasteiger partial charge in [0.05, 0.1) is 12.7 Å². The second-order valence-corrected chi connectivity index (χ2v) is 6.07. The van der Waals surface area contributed by atoms with Crippen molar-refractivity contribution in [1.82, 2.24) is 10.2 Å². The molecule has 1 aromatic carbocycles. The van der Waals surface area contributed by atoms with Crippen molar-refractivity contribution in [3.63, 3.8) is 0 Å². The Morgan fingerprint density at radius 1 is 1.26 bits per heavy atom. The molecule has 5 nitrogen and oxygen atoms in total. The van der Waals surface area contributed by atoms with E-state index in [-0.39, 0.29) is 17.7 Å². The predicted octanol–water partition coefficient (Wildman–Crippen LogP) is 2.46. The lowest BCUT2D eigenvalue weighted by Crippen LogP contribution is -2.51. The zero-order valence-electron chi connectivity index (χ0n) is 14.2. The highest BCUT2D eigenvalue weighted by molar-refractivity contribution is 5.99. The number of ether oxygens (including phenoxy) is 1. The Morgan fingerprint density at radius 3 is 2.52 bits per heavy atom. The summed E-state index contributed by atoms with van der Waals surface area (Å²) in [6.07, 6.45) is 2.91. The van der Waals surface area contributed by atoms with Crippen LogP contribution in [0.25, 0.3) is 0 Å². The van der Waals surface area contributed by atoms with Crippen molar-refractivity contribution in [2.24, 2.45) is 5.92 Å². The van der Waals surface area contributed by atoms with E-state index in [2.05, 4.69) is 5.32 Å². The van der Waals surface area contributed by atoms with Crippen LogP contribution in [-0.4, -0.2) is 43.0 Å². The molecule has 0 radical (unpaired) electrons. The number of rotatable bonds is 6. The molecule has 1 heterocycles. The van der Waals surface area contributed by atoms with Gasteiger partial charge in [0.25, 0.3) is 5.91 Å². The first kappa shape index (κ1) is 17.3. The van der Waals surface area contributed by atoms with Gasteiger partial charge in [-0.25, -0.2) is 0 Å². The van der Waals surface area contributed by atoms with Crippen LogP contribution in [0.3, 0.4) is 0 Å². The molecule has 0 aromatic heterocycles. The summed E-state index contributed by atoms with van der Waals surface area (Å²) in [6, 6.07) is 6.57. The number of hydrogen-bond donors (Lipinski definition) is 1. The first-order valence-electron chi connectivity index (χ1n) is 8.31. The standard InChI is InChI=1S/C18H26N2O3/c1-4-13(2)16(18(22)20-11-7-8-12-20)19-17(21)14-9-5-6-10-15(14)23-3/h5-6,9-10,13,16H,4,7-8,11-12H2,1-3H3,(H,19,21)/t13?,16-/m0/s1. The summed E-state index contributed by atoms with van der Waals surface area (Å²) >= 11 is 0. The first-order chi connectivity index (χ1) is 11.1. The predicted molar refractivity (Wildman–Crippen MR) is 89.5 cm³/mol. The van der Waals surface area contributed by atoms with Crippen LogP contribution in [0.2, 0.25) is 0 Å². The van der Waals surface area contributed by atoms with Gasteiger partial charge in [0.2, 0.25) is 5.91 Å². The molecule has 126 valence electrons. The molecule has 0 aliphatic carbocycles. The number of nitrogens with one attached hydrogen (secondary N) is 1. The molecule has 2 atom stereocenters. The lowest BCUT2D eigenvalue weighted by Gasteiger charge is -2.28. The fraction of sp³-hybridized carbons (Fsp3) is 0.556. The zero-order valence-corrected chi connectivity index (χ0v) is 14.2. The largest absolute Gasteiger partial charge is 0.496 e. The maximum atomic E-state index is 12.7. The van der Waals surface area contributed by atoms with E-state index >= 15 is 0 Å². The Morgan fingerprint density at radius 2 is 1.91 bits per heavy atom. The molecular formula is C18H26N2O3. The Hall–Kier alpha value is -2.04. The van der Waals surface area contributed by atoms with Gasteiger partial charge in [0.1, 0.15) is 11.8 Å². The Bertz CT molecular complexity index is 553. The van der Waals surface area contributed by atoms with Crippen molar-refractivity contribution in [3.8, 4) is 5.75 Å². The van der Waals surface area contributed by atoms with Crippen LogP contribution in [0.4, 0.5) is 0 Å². The number of benzene rings is 1. The van der Waals surface area contributed by atoms with E-state index in [4.69, 9.17) is 4.74 Å². The normalized spacial score (nSPS) is 16.7. The Balaban J connectivity index is 2.16. The third kappa shape index (κ3) is 4.03. The van der Waals surface area contributed by atoms with E-state index in [1.807, 2.05) is 24.8 Å². The summed E-state index contributed by atoms with van der Waals surface area (Å²) in [5.74, 6) is 0.365. The summed E-state index contributed by atoms with van der Waals surface area (Å²) in [6.45, 7) is 5.61. The van der Waals surface area contributed by atoms with Gasteiger partial charge < -0.3 is 15.0 Å². The summed E-state index contributed by atoms with van der Waals surface area (Å²) in [5, 5.41) is 2.93.